The van der Waals surface area contributed by atoms with Crippen molar-refractivity contribution in [3.05, 3.63) is 28.2 Å². The van der Waals surface area contributed by atoms with Crippen LogP contribution in [0, 0.1) is 11.8 Å². The summed E-state index contributed by atoms with van der Waals surface area (Å²) in [6.07, 6.45) is 0. The van der Waals surface area contributed by atoms with Crippen molar-refractivity contribution in [3.63, 3.8) is 0 Å². The van der Waals surface area contributed by atoms with Crippen LogP contribution in [0.2, 0.25) is 0 Å². The summed E-state index contributed by atoms with van der Waals surface area (Å²) in [5.41, 5.74) is 6.30. The minimum Gasteiger partial charge on any atom is -0.492 e. The number of benzene rings is 1. The van der Waals surface area contributed by atoms with E-state index in [9.17, 15) is 4.79 Å². The predicted octanol–water partition coefficient (Wildman–Crippen LogP) is 2.69. The fraction of sp³-hybridized carbons (Fsp3) is 0.533. The molecular weight excluding hydrogens is 320 g/mol. The standard InChI is InChI=1S/C15H23BrN2O2/c1-10(2)7-18-8-12-6-13(16)4-5-14(12)20-9-11(3)15(17)19/h4-6,10-11,18H,7-9H2,1-3H3,(H2,17,19). The van der Waals surface area contributed by atoms with Gasteiger partial charge in [0.05, 0.1) is 12.5 Å². The molecule has 1 unspecified atom stereocenters. The second-order valence-corrected chi connectivity index (χ2v) is 6.31. The first kappa shape index (κ1) is 17.0. The molecule has 112 valence electrons. The van der Waals surface area contributed by atoms with Crippen LogP contribution in [0.15, 0.2) is 22.7 Å². The van der Waals surface area contributed by atoms with Gasteiger partial charge in [0, 0.05) is 16.6 Å². The molecule has 0 spiro atoms. The number of hydrogen-bond donors (Lipinski definition) is 2. The molecule has 0 aromatic heterocycles. The third-order valence-electron chi connectivity index (χ3n) is 2.87. The topological polar surface area (TPSA) is 64.3 Å². The van der Waals surface area contributed by atoms with Gasteiger partial charge in [0.1, 0.15) is 5.75 Å². The molecule has 5 heteroatoms. The van der Waals surface area contributed by atoms with Crippen LogP contribution in [-0.4, -0.2) is 19.1 Å². The molecule has 0 aliphatic heterocycles. The molecule has 0 aliphatic rings. The Morgan fingerprint density at radius 1 is 1.40 bits per heavy atom. The van der Waals surface area contributed by atoms with Gasteiger partial charge in [0.25, 0.3) is 0 Å². The Kier molecular flexibility index (Phi) is 7.02. The van der Waals surface area contributed by atoms with E-state index in [1.165, 1.54) is 0 Å². The van der Waals surface area contributed by atoms with E-state index in [1.807, 2.05) is 18.2 Å². The molecule has 0 fully saturated rings. The molecule has 1 aromatic carbocycles. The van der Waals surface area contributed by atoms with Crippen LogP contribution in [-0.2, 0) is 11.3 Å². The molecule has 0 heterocycles. The largest absolute Gasteiger partial charge is 0.492 e. The smallest absolute Gasteiger partial charge is 0.223 e. The number of primary amides is 1. The number of nitrogens with two attached hydrogens (primary N) is 1. The average molecular weight is 343 g/mol. The van der Waals surface area contributed by atoms with Crippen LogP contribution in [0.25, 0.3) is 0 Å². The summed E-state index contributed by atoms with van der Waals surface area (Å²) in [5.74, 6) is 0.746. The number of carbonyl (C=O) groups is 1. The Labute approximate surface area is 129 Å². The summed E-state index contributed by atoms with van der Waals surface area (Å²) >= 11 is 3.46. The number of hydrogen-bond acceptors (Lipinski definition) is 3. The van der Waals surface area contributed by atoms with Crippen LogP contribution in [0.3, 0.4) is 0 Å². The fourth-order valence-electron chi connectivity index (χ4n) is 1.62. The highest BCUT2D eigenvalue weighted by Gasteiger charge is 2.11. The van der Waals surface area contributed by atoms with E-state index in [4.69, 9.17) is 10.5 Å². The first-order valence-corrected chi connectivity index (χ1v) is 7.60. The number of rotatable bonds is 8. The summed E-state index contributed by atoms with van der Waals surface area (Å²) in [4.78, 5) is 11.0. The first-order chi connectivity index (χ1) is 9.40. The van der Waals surface area contributed by atoms with Gasteiger partial charge in [-0.2, -0.15) is 0 Å². The molecular formula is C15H23BrN2O2. The van der Waals surface area contributed by atoms with Crippen molar-refractivity contribution in [1.29, 1.82) is 0 Å². The van der Waals surface area contributed by atoms with E-state index in [2.05, 4.69) is 35.1 Å². The van der Waals surface area contributed by atoms with Gasteiger partial charge in [-0.1, -0.05) is 36.7 Å². The molecule has 20 heavy (non-hydrogen) atoms. The normalized spacial score (nSPS) is 12.4. The molecule has 1 amide bonds. The third-order valence-corrected chi connectivity index (χ3v) is 3.36. The fourth-order valence-corrected chi connectivity index (χ4v) is 2.03. The maximum atomic E-state index is 11.0. The van der Waals surface area contributed by atoms with Gasteiger partial charge < -0.3 is 15.8 Å². The van der Waals surface area contributed by atoms with Crippen molar-refractivity contribution in [3.8, 4) is 5.75 Å². The van der Waals surface area contributed by atoms with E-state index in [1.54, 1.807) is 6.92 Å². The van der Waals surface area contributed by atoms with Gasteiger partial charge >= 0.3 is 0 Å². The molecule has 0 saturated carbocycles. The van der Waals surface area contributed by atoms with Crippen LogP contribution in [0.4, 0.5) is 0 Å². The zero-order valence-electron chi connectivity index (χ0n) is 12.3. The monoisotopic (exact) mass is 342 g/mol. The SMILES string of the molecule is CC(C)CNCc1cc(Br)ccc1OCC(C)C(N)=O. The van der Waals surface area contributed by atoms with Crippen molar-refractivity contribution in [2.24, 2.45) is 17.6 Å². The van der Waals surface area contributed by atoms with Crippen LogP contribution in [0.5, 0.6) is 5.75 Å². The molecule has 0 radical (unpaired) electrons. The Morgan fingerprint density at radius 2 is 2.10 bits per heavy atom. The Hall–Kier alpha value is -1.07. The highest BCUT2D eigenvalue weighted by atomic mass is 79.9. The lowest BCUT2D eigenvalue weighted by atomic mass is 10.1. The lowest BCUT2D eigenvalue weighted by Gasteiger charge is -2.15. The number of carbonyl (C=O) groups excluding carboxylic acids is 1. The van der Waals surface area contributed by atoms with Crippen molar-refractivity contribution >= 4 is 21.8 Å². The molecule has 0 aliphatic carbocycles. The molecule has 0 bridgehead atoms. The summed E-state index contributed by atoms with van der Waals surface area (Å²) in [6.45, 7) is 8.08. The zero-order chi connectivity index (χ0) is 15.1. The highest BCUT2D eigenvalue weighted by Crippen LogP contribution is 2.23. The summed E-state index contributed by atoms with van der Waals surface area (Å²) < 4.78 is 6.72. The Bertz CT molecular complexity index is 449. The van der Waals surface area contributed by atoms with E-state index in [0.29, 0.717) is 12.5 Å². The molecule has 1 rings (SSSR count). The van der Waals surface area contributed by atoms with Crippen LogP contribution < -0.4 is 15.8 Å². The summed E-state index contributed by atoms with van der Waals surface area (Å²) in [7, 11) is 0. The van der Waals surface area contributed by atoms with Gasteiger partial charge in [0.15, 0.2) is 0 Å². The molecule has 3 N–H and O–H groups in total. The molecule has 0 saturated heterocycles. The highest BCUT2D eigenvalue weighted by molar-refractivity contribution is 9.10. The second kappa shape index (κ2) is 8.27. The van der Waals surface area contributed by atoms with E-state index < -0.39 is 0 Å². The molecule has 1 aromatic rings. The summed E-state index contributed by atoms with van der Waals surface area (Å²) in [6, 6.07) is 5.86. The van der Waals surface area contributed by atoms with Gasteiger partial charge in [-0.05, 0) is 30.7 Å². The lowest BCUT2D eigenvalue weighted by Crippen LogP contribution is -2.26. The maximum absolute atomic E-state index is 11.0. The van der Waals surface area contributed by atoms with E-state index in [-0.39, 0.29) is 11.8 Å². The maximum Gasteiger partial charge on any atom is 0.223 e. The minimum atomic E-state index is -0.346. The Morgan fingerprint density at radius 3 is 2.70 bits per heavy atom. The zero-order valence-corrected chi connectivity index (χ0v) is 13.9. The van der Waals surface area contributed by atoms with Gasteiger partial charge in [0.2, 0.25) is 5.91 Å². The first-order valence-electron chi connectivity index (χ1n) is 6.81. The predicted molar refractivity (Wildman–Crippen MR) is 84.5 cm³/mol. The lowest BCUT2D eigenvalue weighted by molar-refractivity contribution is -0.122. The third kappa shape index (κ3) is 5.92. The van der Waals surface area contributed by atoms with E-state index >= 15 is 0 Å². The van der Waals surface area contributed by atoms with Crippen LogP contribution in [0.1, 0.15) is 26.3 Å². The van der Waals surface area contributed by atoms with Crippen molar-refractivity contribution < 1.29 is 9.53 Å². The number of halogens is 1. The summed E-state index contributed by atoms with van der Waals surface area (Å²) in [5, 5.41) is 3.39. The molecule has 1 atom stereocenters. The van der Waals surface area contributed by atoms with E-state index in [0.717, 1.165) is 28.9 Å². The van der Waals surface area contributed by atoms with Crippen LogP contribution >= 0.6 is 15.9 Å². The number of amides is 1. The quantitative estimate of drug-likeness (QED) is 0.763. The Balaban J connectivity index is 2.66. The number of ether oxygens (including phenoxy) is 1. The van der Waals surface area contributed by atoms with Crippen molar-refractivity contribution in [1.82, 2.24) is 5.32 Å². The minimum absolute atomic E-state index is 0.296. The van der Waals surface area contributed by atoms with Crippen molar-refractivity contribution in [2.75, 3.05) is 13.2 Å². The second-order valence-electron chi connectivity index (χ2n) is 5.39. The number of nitrogens with one attached hydrogen (secondary N) is 1. The van der Waals surface area contributed by atoms with Gasteiger partial charge in [-0.25, -0.2) is 0 Å². The average Bonchev–Trinajstić information content (AvgIpc) is 2.36. The molecule has 4 nitrogen and oxygen atoms in total. The van der Waals surface area contributed by atoms with Gasteiger partial charge in [-0.3, -0.25) is 4.79 Å². The van der Waals surface area contributed by atoms with Gasteiger partial charge in [-0.15, -0.1) is 0 Å². The van der Waals surface area contributed by atoms with Crippen molar-refractivity contribution in [2.45, 2.75) is 27.3 Å².